The van der Waals surface area contributed by atoms with Crippen molar-refractivity contribution in [3.05, 3.63) is 24.3 Å². The summed E-state index contributed by atoms with van der Waals surface area (Å²) < 4.78 is 0. The molecule has 0 spiro atoms. The van der Waals surface area contributed by atoms with Crippen LogP contribution in [0, 0.1) is 0 Å². The van der Waals surface area contributed by atoms with Gasteiger partial charge in [-0.2, -0.15) is 0 Å². The van der Waals surface area contributed by atoms with E-state index in [2.05, 4.69) is 9.97 Å². The Kier molecular flexibility index (Phi) is 3.58. The first-order chi connectivity index (χ1) is 7.81. The number of likely N-dealkylation sites (tertiary alicyclic amines) is 1. The first-order valence-electron chi connectivity index (χ1n) is 5.45. The monoisotopic (exact) mass is 221 g/mol. The number of carbonyl (C=O) groups excluding carboxylic acids is 1. The Morgan fingerprint density at radius 3 is 3.12 bits per heavy atom. The Balaban J connectivity index is 1.97. The van der Waals surface area contributed by atoms with Gasteiger partial charge in [0.2, 0.25) is 0 Å². The van der Waals surface area contributed by atoms with E-state index in [0.29, 0.717) is 12.2 Å². The number of ketones is 1. The molecule has 2 rings (SSSR count). The van der Waals surface area contributed by atoms with Crippen molar-refractivity contribution in [3.8, 4) is 0 Å². The molecule has 1 aromatic rings. The minimum absolute atomic E-state index is 0.0338. The maximum absolute atomic E-state index is 11.8. The summed E-state index contributed by atoms with van der Waals surface area (Å²) in [6.45, 7) is 1.31. The van der Waals surface area contributed by atoms with Crippen LogP contribution in [0.2, 0.25) is 0 Å². The molecule has 1 N–H and O–H groups in total. The molecule has 2 heterocycles. The lowest BCUT2D eigenvalue weighted by Crippen LogP contribution is -2.36. The van der Waals surface area contributed by atoms with Gasteiger partial charge in [0.05, 0.1) is 19.3 Å². The molecule has 0 radical (unpaired) electrons. The molecule has 0 bridgehead atoms. The zero-order valence-electron chi connectivity index (χ0n) is 9.04. The number of rotatable bonds is 4. The average molecular weight is 221 g/mol. The van der Waals surface area contributed by atoms with E-state index in [-0.39, 0.29) is 18.4 Å². The highest BCUT2D eigenvalue weighted by Crippen LogP contribution is 2.16. The van der Waals surface area contributed by atoms with Crippen molar-refractivity contribution in [2.45, 2.75) is 18.9 Å². The van der Waals surface area contributed by atoms with E-state index < -0.39 is 0 Å². The van der Waals surface area contributed by atoms with E-state index in [9.17, 15) is 4.79 Å². The van der Waals surface area contributed by atoms with E-state index in [1.165, 1.54) is 12.4 Å². The van der Waals surface area contributed by atoms with Crippen LogP contribution in [0.3, 0.4) is 0 Å². The lowest BCUT2D eigenvalue weighted by molar-refractivity contribution is 0.0882. The second-order valence-corrected chi connectivity index (χ2v) is 3.96. The maximum Gasteiger partial charge on any atom is 0.196 e. The van der Waals surface area contributed by atoms with Gasteiger partial charge in [-0.1, -0.05) is 0 Å². The molecule has 0 aromatic carbocycles. The largest absolute Gasteiger partial charge is 0.395 e. The fourth-order valence-electron chi connectivity index (χ4n) is 2.02. The van der Waals surface area contributed by atoms with Crippen LogP contribution in [-0.4, -0.2) is 51.5 Å². The number of Topliss-reactive ketones (excluding diaryl/α,β-unsaturated/α-hetero) is 1. The van der Waals surface area contributed by atoms with Crippen LogP contribution in [0.1, 0.15) is 23.3 Å². The third-order valence-corrected chi connectivity index (χ3v) is 2.91. The topological polar surface area (TPSA) is 66.3 Å². The highest BCUT2D eigenvalue weighted by molar-refractivity contribution is 5.95. The molecule has 1 saturated heterocycles. The molecule has 1 aliphatic heterocycles. The highest BCUT2D eigenvalue weighted by atomic mass is 16.3. The predicted molar refractivity (Wildman–Crippen MR) is 58.0 cm³/mol. The lowest BCUT2D eigenvalue weighted by Gasteiger charge is -2.21. The molecular weight excluding hydrogens is 206 g/mol. The Morgan fingerprint density at radius 2 is 2.44 bits per heavy atom. The number of aliphatic hydroxyl groups is 1. The highest BCUT2D eigenvalue weighted by Gasteiger charge is 2.25. The molecule has 1 aliphatic rings. The summed E-state index contributed by atoms with van der Waals surface area (Å²) >= 11 is 0. The fraction of sp³-hybridized carbons (Fsp3) is 0.545. The summed E-state index contributed by atoms with van der Waals surface area (Å²) in [5.41, 5.74) is 0.395. The predicted octanol–water partition coefficient (Wildman–Crippen LogP) is 0.116. The Labute approximate surface area is 94.1 Å². The van der Waals surface area contributed by atoms with Crippen molar-refractivity contribution in [1.82, 2.24) is 14.9 Å². The number of nitrogens with zero attached hydrogens (tertiary/aromatic N) is 3. The SMILES string of the molecule is O=C(CN1CCC[C@H]1CO)c1cnccn1. The van der Waals surface area contributed by atoms with Gasteiger partial charge in [0.25, 0.3) is 0 Å². The quantitative estimate of drug-likeness (QED) is 0.731. The van der Waals surface area contributed by atoms with Gasteiger partial charge < -0.3 is 5.11 Å². The van der Waals surface area contributed by atoms with E-state index in [0.717, 1.165) is 19.4 Å². The van der Waals surface area contributed by atoms with E-state index in [1.807, 2.05) is 4.90 Å². The van der Waals surface area contributed by atoms with Crippen LogP contribution >= 0.6 is 0 Å². The normalized spacial score (nSPS) is 21.2. The van der Waals surface area contributed by atoms with Gasteiger partial charge in [-0.3, -0.25) is 14.7 Å². The molecule has 0 unspecified atom stereocenters. The van der Waals surface area contributed by atoms with Gasteiger partial charge in [-0.25, -0.2) is 4.98 Å². The summed E-state index contributed by atoms with van der Waals surface area (Å²) in [5, 5.41) is 9.14. The molecule has 1 fully saturated rings. The first-order valence-corrected chi connectivity index (χ1v) is 5.45. The third-order valence-electron chi connectivity index (χ3n) is 2.91. The number of carbonyl (C=O) groups is 1. The summed E-state index contributed by atoms with van der Waals surface area (Å²) in [4.78, 5) is 21.7. The van der Waals surface area contributed by atoms with Crippen LogP contribution in [-0.2, 0) is 0 Å². The molecule has 0 amide bonds. The summed E-state index contributed by atoms with van der Waals surface area (Å²) in [6.07, 6.45) is 6.54. The molecule has 0 saturated carbocycles. The zero-order valence-corrected chi connectivity index (χ0v) is 9.04. The standard InChI is InChI=1S/C11H15N3O2/c15-8-9-2-1-5-14(9)7-11(16)10-6-12-3-4-13-10/h3-4,6,9,15H,1-2,5,7-8H2/t9-/m0/s1. The van der Waals surface area contributed by atoms with Crippen molar-refractivity contribution >= 4 is 5.78 Å². The fourth-order valence-corrected chi connectivity index (χ4v) is 2.02. The lowest BCUT2D eigenvalue weighted by atomic mass is 10.2. The van der Waals surface area contributed by atoms with Crippen molar-refractivity contribution in [2.24, 2.45) is 0 Å². The van der Waals surface area contributed by atoms with Crippen molar-refractivity contribution in [3.63, 3.8) is 0 Å². The Bertz CT molecular complexity index is 356. The summed E-state index contributed by atoms with van der Waals surface area (Å²) in [5.74, 6) is -0.0338. The molecule has 1 aromatic heterocycles. The number of aliphatic hydroxyl groups excluding tert-OH is 1. The first kappa shape index (κ1) is 11.2. The Morgan fingerprint density at radius 1 is 1.56 bits per heavy atom. The molecule has 5 heteroatoms. The molecule has 86 valence electrons. The molecule has 0 aliphatic carbocycles. The second-order valence-electron chi connectivity index (χ2n) is 3.96. The smallest absolute Gasteiger partial charge is 0.196 e. The van der Waals surface area contributed by atoms with E-state index in [4.69, 9.17) is 5.11 Å². The molecule has 5 nitrogen and oxygen atoms in total. The van der Waals surface area contributed by atoms with Gasteiger partial charge in [0.1, 0.15) is 5.69 Å². The van der Waals surface area contributed by atoms with Crippen LogP contribution in [0.25, 0.3) is 0 Å². The maximum atomic E-state index is 11.8. The van der Waals surface area contributed by atoms with Gasteiger partial charge >= 0.3 is 0 Å². The van der Waals surface area contributed by atoms with Gasteiger partial charge in [-0.05, 0) is 19.4 Å². The summed E-state index contributed by atoms with van der Waals surface area (Å²) in [6, 6.07) is 0.126. The second kappa shape index (κ2) is 5.14. The minimum atomic E-state index is -0.0338. The summed E-state index contributed by atoms with van der Waals surface area (Å²) in [7, 11) is 0. The van der Waals surface area contributed by atoms with Crippen LogP contribution in [0.15, 0.2) is 18.6 Å². The molecule has 16 heavy (non-hydrogen) atoms. The van der Waals surface area contributed by atoms with Crippen LogP contribution < -0.4 is 0 Å². The van der Waals surface area contributed by atoms with Crippen molar-refractivity contribution in [1.29, 1.82) is 0 Å². The Hall–Kier alpha value is -1.33. The minimum Gasteiger partial charge on any atom is -0.395 e. The average Bonchev–Trinajstić information content (AvgIpc) is 2.77. The molecule has 1 atom stereocenters. The van der Waals surface area contributed by atoms with Gasteiger partial charge in [0, 0.05) is 18.4 Å². The van der Waals surface area contributed by atoms with E-state index >= 15 is 0 Å². The third kappa shape index (κ3) is 2.43. The number of hydrogen-bond donors (Lipinski definition) is 1. The number of aromatic nitrogens is 2. The number of hydrogen-bond acceptors (Lipinski definition) is 5. The van der Waals surface area contributed by atoms with Crippen LogP contribution in [0.4, 0.5) is 0 Å². The molecular formula is C11H15N3O2. The van der Waals surface area contributed by atoms with Gasteiger partial charge in [0.15, 0.2) is 5.78 Å². The van der Waals surface area contributed by atoms with Gasteiger partial charge in [-0.15, -0.1) is 0 Å². The van der Waals surface area contributed by atoms with Crippen molar-refractivity contribution in [2.75, 3.05) is 19.7 Å². The zero-order chi connectivity index (χ0) is 11.4. The van der Waals surface area contributed by atoms with E-state index in [1.54, 1.807) is 6.20 Å². The van der Waals surface area contributed by atoms with Crippen LogP contribution in [0.5, 0.6) is 0 Å². The van der Waals surface area contributed by atoms with Crippen molar-refractivity contribution < 1.29 is 9.90 Å².